The van der Waals surface area contributed by atoms with Crippen molar-refractivity contribution in [3.05, 3.63) is 70.2 Å². The maximum atomic E-state index is 6.21. The van der Waals surface area contributed by atoms with Crippen LogP contribution in [0, 0.1) is 4.77 Å². The molecule has 0 saturated heterocycles. The number of aromatic nitrogens is 4. The number of halogens is 1. The lowest BCUT2D eigenvalue weighted by Gasteiger charge is -2.00. The molecule has 0 spiro atoms. The normalized spacial score (nSPS) is 12.0. The highest BCUT2D eigenvalue weighted by molar-refractivity contribution is 7.71. The minimum Gasteiger partial charge on any atom is -0.265 e. The standard InChI is InChI=1S/C16H12ClN5S/c17-14(10-12-4-2-1-3-5-12)11-19-22-15(20-21-16(22)23)13-6-8-18-9-7-13/h1-11H,(H,21,23)/b14-10+,19-11-. The Morgan fingerprint density at radius 3 is 2.65 bits per heavy atom. The van der Waals surface area contributed by atoms with Crippen molar-refractivity contribution in [1.29, 1.82) is 0 Å². The zero-order valence-electron chi connectivity index (χ0n) is 11.9. The van der Waals surface area contributed by atoms with Crippen LogP contribution in [0.25, 0.3) is 17.5 Å². The van der Waals surface area contributed by atoms with Gasteiger partial charge in [0.25, 0.3) is 0 Å². The van der Waals surface area contributed by atoms with Gasteiger partial charge in [0, 0.05) is 18.0 Å². The zero-order chi connectivity index (χ0) is 16.1. The molecule has 2 heterocycles. The molecule has 0 unspecified atom stereocenters. The largest absolute Gasteiger partial charge is 0.265 e. The molecule has 0 fully saturated rings. The fraction of sp³-hybridized carbons (Fsp3) is 0. The van der Waals surface area contributed by atoms with Crippen LogP contribution in [-0.2, 0) is 0 Å². The molecule has 0 aliphatic rings. The highest BCUT2D eigenvalue weighted by Crippen LogP contribution is 2.16. The molecule has 1 aromatic carbocycles. The molecule has 7 heteroatoms. The topological polar surface area (TPSA) is 58.9 Å². The van der Waals surface area contributed by atoms with Crippen LogP contribution in [0.1, 0.15) is 5.56 Å². The number of nitrogens with one attached hydrogen (secondary N) is 1. The van der Waals surface area contributed by atoms with Gasteiger partial charge in [-0.05, 0) is 36.0 Å². The molecule has 0 aliphatic heterocycles. The highest BCUT2D eigenvalue weighted by Gasteiger charge is 2.07. The molecule has 0 aliphatic carbocycles. The maximum Gasteiger partial charge on any atom is 0.216 e. The first-order chi connectivity index (χ1) is 11.2. The first-order valence-electron chi connectivity index (χ1n) is 6.78. The quantitative estimate of drug-likeness (QED) is 0.573. The van der Waals surface area contributed by atoms with E-state index in [1.54, 1.807) is 12.4 Å². The van der Waals surface area contributed by atoms with Gasteiger partial charge in [-0.15, -0.1) is 0 Å². The average molecular weight is 342 g/mol. The molecule has 0 amide bonds. The Kier molecular flexibility index (Phi) is 4.75. The van der Waals surface area contributed by atoms with E-state index in [2.05, 4.69) is 20.3 Å². The molecule has 114 valence electrons. The molecule has 3 aromatic rings. The SMILES string of the molecule is S=c1[nH]nc(-c2ccncc2)n1/N=C\C(Cl)=C/c1ccccc1. The average Bonchev–Trinajstić information content (AvgIpc) is 2.95. The van der Waals surface area contributed by atoms with Gasteiger partial charge in [0.2, 0.25) is 4.77 Å². The molecule has 1 N–H and O–H groups in total. The summed E-state index contributed by atoms with van der Waals surface area (Å²) in [4.78, 5) is 3.99. The predicted molar refractivity (Wildman–Crippen MR) is 94.8 cm³/mol. The smallest absolute Gasteiger partial charge is 0.216 e. The van der Waals surface area contributed by atoms with Crippen LogP contribution >= 0.6 is 23.8 Å². The van der Waals surface area contributed by atoms with Crippen molar-refractivity contribution in [2.75, 3.05) is 0 Å². The summed E-state index contributed by atoms with van der Waals surface area (Å²) < 4.78 is 1.91. The van der Waals surface area contributed by atoms with E-state index < -0.39 is 0 Å². The van der Waals surface area contributed by atoms with Gasteiger partial charge in [-0.1, -0.05) is 41.9 Å². The lowest BCUT2D eigenvalue weighted by Crippen LogP contribution is -1.94. The Bertz CT molecular complexity index is 897. The number of H-pyrrole nitrogens is 1. The third-order valence-electron chi connectivity index (χ3n) is 2.99. The van der Waals surface area contributed by atoms with Gasteiger partial charge in [0.15, 0.2) is 5.82 Å². The molecule has 3 rings (SSSR count). The van der Waals surface area contributed by atoms with Crippen LogP contribution in [0.2, 0.25) is 0 Å². The van der Waals surface area contributed by atoms with Gasteiger partial charge in [-0.25, -0.2) is 5.10 Å². The van der Waals surface area contributed by atoms with Crippen molar-refractivity contribution in [3.8, 4) is 11.4 Å². The first kappa shape index (κ1) is 15.3. The lowest BCUT2D eigenvalue weighted by atomic mass is 10.2. The third kappa shape index (κ3) is 3.80. The number of allylic oxidation sites excluding steroid dienone is 1. The minimum atomic E-state index is 0.386. The van der Waals surface area contributed by atoms with Crippen LogP contribution in [-0.4, -0.2) is 26.1 Å². The van der Waals surface area contributed by atoms with Gasteiger partial charge in [-0.2, -0.15) is 14.9 Å². The van der Waals surface area contributed by atoms with E-state index in [9.17, 15) is 0 Å². The van der Waals surface area contributed by atoms with Crippen molar-refractivity contribution in [2.24, 2.45) is 5.10 Å². The molecule has 23 heavy (non-hydrogen) atoms. The third-order valence-corrected chi connectivity index (χ3v) is 3.46. The van der Waals surface area contributed by atoms with Crippen molar-refractivity contribution in [3.63, 3.8) is 0 Å². The molecular weight excluding hydrogens is 330 g/mol. The predicted octanol–water partition coefficient (Wildman–Crippen LogP) is 4.12. The van der Waals surface area contributed by atoms with Crippen LogP contribution < -0.4 is 0 Å². The van der Waals surface area contributed by atoms with Gasteiger partial charge in [0.1, 0.15) is 0 Å². The Balaban J connectivity index is 1.90. The lowest BCUT2D eigenvalue weighted by molar-refractivity contribution is 0.872. The summed E-state index contributed by atoms with van der Waals surface area (Å²) in [7, 11) is 0. The molecule has 0 bridgehead atoms. The number of pyridine rings is 1. The fourth-order valence-corrected chi connectivity index (χ4v) is 2.29. The van der Waals surface area contributed by atoms with Crippen molar-refractivity contribution in [1.82, 2.24) is 19.9 Å². The van der Waals surface area contributed by atoms with E-state index >= 15 is 0 Å². The second-order valence-electron chi connectivity index (χ2n) is 4.58. The van der Waals surface area contributed by atoms with Crippen LogP contribution in [0.3, 0.4) is 0 Å². The Labute approximate surface area is 143 Å². The number of hydrogen-bond donors (Lipinski definition) is 1. The van der Waals surface area contributed by atoms with Gasteiger partial charge in [0.05, 0.1) is 11.2 Å². The zero-order valence-corrected chi connectivity index (χ0v) is 13.5. The molecular formula is C16H12ClN5S. The van der Waals surface area contributed by atoms with Gasteiger partial charge in [-0.3, -0.25) is 4.98 Å². The van der Waals surface area contributed by atoms with E-state index in [-0.39, 0.29) is 0 Å². The summed E-state index contributed by atoms with van der Waals surface area (Å²) >= 11 is 11.4. The summed E-state index contributed by atoms with van der Waals surface area (Å²) in [6.45, 7) is 0. The van der Waals surface area contributed by atoms with Gasteiger partial charge < -0.3 is 0 Å². The number of aromatic amines is 1. The van der Waals surface area contributed by atoms with Crippen molar-refractivity contribution in [2.45, 2.75) is 0 Å². The van der Waals surface area contributed by atoms with Crippen LogP contribution in [0.15, 0.2) is 65.0 Å². The number of rotatable bonds is 4. The van der Waals surface area contributed by atoms with E-state index in [1.165, 1.54) is 10.9 Å². The van der Waals surface area contributed by atoms with Gasteiger partial charge >= 0.3 is 0 Å². The van der Waals surface area contributed by atoms with E-state index in [0.717, 1.165) is 11.1 Å². The number of benzene rings is 1. The van der Waals surface area contributed by atoms with Crippen molar-refractivity contribution >= 4 is 36.1 Å². The minimum absolute atomic E-state index is 0.386. The summed E-state index contributed by atoms with van der Waals surface area (Å²) in [6, 6.07) is 13.4. The molecule has 2 aromatic heterocycles. The fourth-order valence-electron chi connectivity index (χ4n) is 1.95. The summed E-state index contributed by atoms with van der Waals surface area (Å²) in [6.07, 6.45) is 6.72. The Morgan fingerprint density at radius 2 is 1.91 bits per heavy atom. The highest BCUT2D eigenvalue weighted by atomic mass is 35.5. The van der Waals surface area contributed by atoms with Crippen LogP contribution in [0.5, 0.6) is 0 Å². The van der Waals surface area contributed by atoms with E-state index in [1.807, 2.05) is 48.5 Å². The summed E-state index contributed by atoms with van der Waals surface area (Å²) in [5, 5.41) is 11.7. The maximum absolute atomic E-state index is 6.21. The molecule has 0 radical (unpaired) electrons. The summed E-state index contributed by atoms with van der Waals surface area (Å²) in [5.74, 6) is 0.595. The van der Waals surface area contributed by atoms with Crippen LogP contribution in [0.4, 0.5) is 0 Å². The van der Waals surface area contributed by atoms with E-state index in [0.29, 0.717) is 15.6 Å². The second kappa shape index (κ2) is 7.13. The monoisotopic (exact) mass is 341 g/mol. The number of nitrogens with zero attached hydrogens (tertiary/aromatic N) is 4. The second-order valence-corrected chi connectivity index (χ2v) is 5.41. The molecule has 0 saturated carbocycles. The molecule has 5 nitrogen and oxygen atoms in total. The Hall–Kier alpha value is -2.57. The Morgan fingerprint density at radius 1 is 1.17 bits per heavy atom. The summed E-state index contributed by atoms with van der Waals surface area (Å²) in [5.41, 5.74) is 1.85. The number of hydrogen-bond acceptors (Lipinski definition) is 4. The van der Waals surface area contributed by atoms with Crippen molar-refractivity contribution < 1.29 is 0 Å². The molecule has 0 atom stereocenters. The first-order valence-corrected chi connectivity index (χ1v) is 7.57. The van der Waals surface area contributed by atoms with E-state index in [4.69, 9.17) is 23.8 Å².